The SMILES string of the molecule is CC(C)CCNC(=O)COC(=O)CN1C(=O)N[C@@]2(CCCC[C@@H]2C)C1=O. The van der Waals surface area contributed by atoms with Gasteiger partial charge in [0.25, 0.3) is 11.8 Å². The zero-order valence-corrected chi connectivity index (χ0v) is 15.8. The van der Waals surface area contributed by atoms with Gasteiger partial charge in [-0.2, -0.15) is 0 Å². The van der Waals surface area contributed by atoms with E-state index in [1.54, 1.807) is 0 Å². The first-order chi connectivity index (χ1) is 12.3. The van der Waals surface area contributed by atoms with Crippen LogP contribution in [0.1, 0.15) is 52.9 Å². The van der Waals surface area contributed by atoms with Crippen LogP contribution in [0.2, 0.25) is 0 Å². The number of esters is 1. The number of carbonyl (C=O) groups is 4. The van der Waals surface area contributed by atoms with Crippen LogP contribution < -0.4 is 10.6 Å². The molecule has 0 aromatic heterocycles. The van der Waals surface area contributed by atoms with Crippen molar-refractivity contribution in [2.45, 2.75) is 58.4 Å². The molecule has 2 N–H and O–H groups in total. The summed E-state index contributed by atoms with van der Waals surface area (Å²) in [5.41, 5.74) is -0.899. The zero-order chi connectivity index (χ0) is 19.3. The third-order valence-corrected chi connectivity index (χ3v) is 5.20. The third kappa shape index (κ3) is 4.53. The van der Waals surface area contributed by atoms with Crippen molar-refractivity contribution in [3.8, 4) is 0 Å². The van der Waals surface area contributed by atoms with Gasteiger partial charge in [0.2, 0.25) is 0 Å². The van der Waals surface area contributed by atoms with Crippen LogP contribution in [0, 0.1) is 11.8 Å². The number of hydrogen-bond donors (Lipinski definition) is 2. The molecule has 0 aromatic carbocycles. The number of amides is 4. The van der Waals surface area contributed by atoms with Crippen LogP contribution in [0.15, 0.2) is 0 Å². The highest BCUT2D eigenvalue weighted by atomic mass is 16.5. The van der Waals surface area contributed by atoms with Crippen molar-refractivity contribution in [1.29, 1.82) is 0 Å². The molecule has 1 aliphatic carbocycles. The lowest BCUT2D eigenvalue weighted by molar-refractivity contribution is -0.151. The molecule has 8 nitrogen and oxygen atoms in total. The Hall–Kier alpha value is -2.12. The third-order valence-electron chi connectivity index (χ3n) is 5.20. The van der Waals surface area contributed by atoms with Gasteiger partial charge in [0.15, 0.2) is 6.61 Å². The van der Waals surface area contributed by atoms with Gasteiger partial charge < -0.3 is 15.4 Å². The highest BCUT2D eigenvalue weighted by molar-refractivity contribution is 6.09. The van der Waals surface area contributed by atoms with Crippen LogP contribution in [0.3, 0.4) is 0 Å². The van der Waals surface area contributed by atoms with Gasteiger partial charge in [-0.1, -0.05) is 33.6 Å². The van der Waals surface area contributed by atoms with Crippen LogP contribution >= 0.6 is 0 Å². The van der Waals surface area contributed by atoms with Gasteiger partial charge in [0, 0.05) is 6.54 Å². The van der Waals surface area contributed by atoms with Gasteiger partial charge in [-0.25, -0.2) is 4.79 Å². The van der Waals surface area contributed by atoms with Gasteiger partial charge >= 0.3 is 12.0 Å². The normalized spacial score (nSPS) is 25.5. The Bertz CT molecular complexity index is 577. The Balaban J connectivity index is 1.82. The number of carbonyl (C=O) groups excluding carboxylic acids is 4. The summed E-state index contributed by atoms with van der Waals surface area (Å²) in [6, 6.07) is -0.568. The molecule has 2 aliphatic rings. The maximum Gasteiger partial charge on any atom is 0.326 e. The van der Waals surface area contributed by atoms with Crippen molar-refractivity contribution in [2.24, 2.45) is 11.8 Å². The monoisotopic (exact) mass is 367 g/mol. The first-order valence-corrected chi connectivity index (χ1v) is 9.32. The molecule has 4 amide bonds. The second-order valence-electron chi connectivity index (χ2n) is 7.63. The molecule has 2 rings (SSSR count). The van der Waals surface area contributed by atoms with Crippen molar-refractivity contribution in [2.75, 3.05) is 19.7 Å². The standard InChI is InChI=1S/C18H29N3O5/c1-12(2)7-9-19-14(22)11-26-15(23)10-21-16(24)18(20-17(21)25)8-5-4-6-13(18)3/h12-13H,4-11H2,1-3H3,(H,19,22)(H,20,25)/t13-,18+/m0/s1. The Morgan fingerprint density at radius 3 is 2.73 bits per heavy atom. The van der Waals surface area contributed by atoms with E-state index in [-0.39, 0.29) is 11.8 Å². The highest BCUT2D eigenvalue weighted by Gasteiger charge is 2.55. The van der Waals surface area contributed by atoms with Crippen molar-refractivity contribution < 1.29 is 23.9 Å². The summed E-state index contributed by atoms with van der Waals surface area (Å²) in [5.74, 6) is -1.04. The minimum Gasteiger partial charge on any atom is -0.454 e. The van der Waals surface area contributed by atoms with Crippen LogP contribution in [0.5, 0.6) is 0 Å². The average molecular weight is 367 g/mol. The number of urea groups is 1. The van der Waals surface area contributed by atoms with E-state index in [0.717, 1.165) is 30.6 Å². The predicted octanol–water partition coefficient (Wildman–Crippen LogP) is 1.19. The second-order valence-corrected chi connectivity index (χ2v) is 7.63. The van der Waals surface area contributed by atoms with Gasteiger partial charge in [-0.05, 0) is 31.1 Å². The van der Waals surface area contributed by atoms with Crippen LogP contribution in [-0.2, 0) is 19.1 Å². The van der Waals surface area contributed by atoms with Crippen LogP contribution in [0.4, 0.5) is 4.79 Å². The lowest BCUT2D eigenvalue weighted by atomic mass is 9.73. The summed E-state index contributed by atoms with van der Waals surface area (Å²) in [5, 5.41) is 5.43. The van der Waals surface area contributed by atoms with E-state index in [4.69, 9.17) is 4.74 Å². The minimum absolute atomic E-state index is 0.0282. The van der Waals surface area contributed by atoms with Crippen molar-refractivity contribution in [3.63, 3.8) is 0 Å². The molecular formula is C18H29N3O5. The maximum atomic E-state index is 12.7. The summed E-state index contributed by atoms with van der Waals surface area (Å²) in [6.45, 7) is 5.66. The van der Waals surface area contributed by atoms with Crippen molar-refractivity contribution in [3.05, 3.63) is 0 Å². The smallest absolute Gasteiger partial charge is 0.326 e. The fourth-order valence-electron chi connectivity index (χ4n) is 3.51. The Morgan fingerprint density at radius 2 is 2.08 bits per heavy atom. The molecule has 1 saturated heterocycles. The largest absolute Gasteiger partial charge is 0.454 e. The van der Waals surface area contributed by atoms with E-state index in [2.05, 4.69) is 10.6 Å². The van der Waals surface area contributed by atoms with Crippen molar-refractivity contribution in [1.82, 2.24) is 15.5 Å². The Kier molecular flexibility index (Phi) is 6.61. The number of imide groups is 1. The molecule has 146 valence electrons. The molecule has 2 atom stereocenters. The fourth-order valence-corrected chi connectivity index (χ4v) is 3.51. The molecule has 1 spiro atoms. The Morgan fingerprint density at radius 1 is 1.35 bits per heavy atom. The second kappa shape index (κ2) is 8.51. The summed E-state index contributed by atoms with van der Waals surface area (Å²) in [7, 11) is 0. The average Bonchev–Trinajstić information content (AvgIpc) is 2.80. The molecule has 0 unspecified atom stereocenters. The quantitative estimate of drug-likeness (QED) is 0.519. The van der Waals surface area contributed by atoms with E-state index < -0.39 is 36.6 Å². The summed E-state index contributed by atoms with van der Waals surface area (Å²) in [6.07, 6.45) is 4.18. The van der Waals surface area contributed by atoms with Crippen LogP contribution in [-0.4, -0.2) is 54.0 Å². The number of nitrogens with zero attached hydrogens (tertiary/aromatic N) is 1. The number of nitrogens with one attached hydrogen (secondary N) is 2. The number of ether oxygens (including phenoxy) is 1. The predicted molar refractivity (Wildman–Crippen MR) is 94.0 cm³/mol. The van der Waals surface area contributed by atoms with E-state index in [1.165, 1.54) is 0 Å². The van der Waals surface area contributed by atoms with Crippen LogP contribution in [0.25, 0.3) is 0 Å². The molecule has 1 aliphatic heterocycles. The summed E-state index contributed by atoms with van der Waals surface area (Å²) < 4.78 is 4.90. The molecule has 2 fully saturated rings. The molecular weight excluding hydrogens is 338 g/mol. The van der Waals surface area contributed by atoms with Gasteiger partial charge in [0.05, 0.1) is 0 Å². The first kappa shape index (κ1) is 20.2. The molecule has 0 bridgehead atoms. The molecule has 0 radical (unpaired) electrons. The first-order valence-electron chi connectivity index (χ1n) is 9.32. The van der Waals surface area contributed by atoms with Gasteiger partial charge in [-0.15, -0.1) is 0 Å². The number of rotatable bonds is 7. The number of hydrogen-bond acceptors (Lipinski definition) is 5. The van der Waals surface area contributed by atoms with E-state index in [1.807, 2.05) is 20.8 Å². The fraction of sp³-hybridized carbons (Fsp3) is 0.778. The van der Waals surface area contributed by atoms with Gasteiger partial charge in [0.1, 0.15) is 12.1 Å². The summed E-state index contributed by atoms with van der Waals surface area (Å²) >= 11 is 0. The topological polar surface area (TPSA) is 105 Å². The molecule has 1 heterocycles. The Labute approximate surface area is 154 Å². The lowest BCUT2D eigenvalue weighted by Crippen LogP contribution is -2.54. The summed E-state index contributed by atoms with van der Waals surface area (Å²) in [4.78, 5) is 49.4. The molecule has 26 heavy (non-hydrogen) atoms. The van der Waals surface area contributed by atoms with Crippen molar-refractivity contribution >= 4 is 23.8 Å². The maximum absolute atomic E-state index is 12.7. The van der Waals surface area contributed by atoms with E-state index in [0.29, 0.717) is 18.9 Å². The molecule has 0 aromatic rings. The minimum atomic E-state index is -0.899. The molecule has 8 heteroatoms. The highest BCUT2D eigenvalue weighted by Crippen LogP contribution is 2.38. The lowest BCUT2D eigenvalue weighted by Gasteiger charge is -2.36. The zero-order valence-electron chi connectivity index (χ0n) is 15.8. The van der Waals surface area contributed by atoms with Gasteiger partial charge in [-0.3, -0.25) is 19.3 Å². The van der Waals surface area contributed by atoms with E-state index >= 15 is 0 Å². The molecule has 1 saturated carbocycles. The van der Waals surface area contributed by atoms with E-state index in [9.17, 15) is 19.2 Å².